The van der Waals surface area contributed by atoms with Gasteiger partial charge in [-0.15, -0.1) is 0 Å². The van der Waals surface area contributed by atoms with E-state index in [9.17, 15) is 4.39 Å². The Hall–Kier alpha value is -1.46. The van der Waals surface area contributed by atoms with Crippen molar-refractivity contribution in [3.63, 3.8) is 0 Å². The van der Waals surface area contributed by atoms with Gasteiger partial charge in [0.25, 0.3) is 0 Å². The molecule has 0 fully saturated rings. The number of rotatable bonds is 2. The van der Waals surface area contributed by atoms with Gasteiger partial charge in [0.1, 0.15) is 5.16 Å². The second-order valence-corrected chi connectivity index (χ2v) is 4.64. The monoisotopic (exact) mass is 283 g/mol. The molecule has 0 saturated carbocycles. The lowest BCUT2D eigenvalue weighted by atomic mass is 10.1. The largest absolute Gasteiger partial charge is 0.392 e. The first-order chi connectivity index (χ1) is 9.06. The van der Waals surface area contributed by atoms with E-state index in [2.05, 4.69) is 10.1 Å². The third-order valence-corrected chi connectivity index (χ3v) is 3.40. The van der Waals surface area contributed by atoms with Gasteiger partial charge in [0, 0.05) is 11.8 Å². The molecule has 102 valence electrons. The van der Waals surface area contributed by atoms with Gasteiger partial charge in [-0.05, 0) is 31.4 Å². The predicted octanol–water partition coefficient (Wildman–Crippen LogP) is 3.05. The summed E-state index contributed by atoms with van der Waals surface area (Å²) >= 11 is 6.08. The molecule has 0 spiro atoms. The average molecular weight is 284 g/mol. The normalized spacial score (nSPS) is 16.3. The summed E-state index contributed by atoms with van der Waals surface area (Å²) in [4.78, 5) is 4.11. The Kier molecular flexibility index (Phi) is 4.17. The van der Waals surface area contributed by atoms with Crippen molar-refractivity contribution < 1.29 is 9.50 Å². The highest BCUT2D eigenvalue weighted by atomic mass is 35.5. The van der Waals surface area contributed by atoms with Crippen molar-refractivity contribution >= 4 is 17.4 Å². The number of hydrogen-bond acceptors (Lipinski definition) is 3. The molecule has 0 saturated heterocycles. The van der Waals surface area contributed by atoms with Gasteiger partial charge in [-0.3, -0.25) is 0 Å². The van der Waals surface area contributed by atoms with Gasteiger partial charge in [0.05, 0.1) is 12.3 Å². The van der Waals surface area contributed by atoms with Crippen LogP contribution in [0.1, 0.15) is 31.0 Å². The molecule has 0 aromatic carbocycles. The highest BCUT2D eigenvalue weighted by molar-refractivity contribution is 6.30. The summed E-state index contributed by atoms with van der Waals surface area (Å²) in [6.07, 6.45) is 4.17. The number of aromatic nitrogens is 2. The summed E-state index contributed by atoms with van der Waals surface area (Å²) in [5.41, 5.74) is 2.16. The summed E-state index contributed by atoms with van der Waals surface area (Å²) in [6, 6.07) is 0. The van der Waals surface area contributed by atoms with Crippen molar-refractivity contribution in [2.24, 2.45) is 4.99 Å². The van der Waals surface area contributed by atoms with Crippen molar-refractivity contribution in [3.8, 4) is 0 Å². The molecule has 1 N–H and O–H groups in total. The molecule has 1 aromatic rings. The van der Waals surface area contributed by atoms with E-state index in [-0.39, 0.29) is 12.4 Å². The predicted molar refractivity (Wildman–Crippen MR) is 72.7 cm³/mol. The molecule has 0 aliphatic carbocycles. The second kappa shape index (κ2) is 5.67. The van der Waals surface area contributed by atoms with Gasteiger partial charge in [0.15, 0.2) is 11.7 Å². The molecular weight excluding hydrogens is 269 g/mol. The van der Waals surface area contributed by atoms with Crippen LogP contribution in [0.2, 0.25) is 0 Å². The van der Waals surface area contributed by atoms with E-state index >= 15 is 0 Å². The quantitative estimate of drug-likeness (QED) is 0.848. The molecule has 19 heavy (non-hydrogen) atoms. The van der Waals surface area contributed by atoms with Crippen LogP contribution >= 0.6 is 11.6 Å². The van der Waals surface area contributed by atoms with Crippen LogP contribution in [0.3, 0.4) is 0 Å². The van der Waals surface area contributed by atoms with Crippen molar-refractivity contribution in [1.82, 2.24) is 9.78 Å². The Bertz CT molecular complexity index is 587. The molecule has 1 aromatic heterocycles. The minimum Gasteiger partial charge on any atom is -0.392 e. The lowest BCUT2D eigenvalue weighted by molar-refractivity contribution is 0.281. The molecule has 0 atom stereocenters. The summed E-state index contributed by atoms with van der Waals surface area (Å²) in [6.45, 7) is 3.55. The van der Waals surface area contributed by atoms with Gasteiger partial charge < -0.3 is 5.11 Å². The Morgan fingerprint density at radius 1 is 1.53 bits per heavy atom. The van der Waals surface area contributed by atoms with Gasteiger partial charge >= 0.3 is 0 Å². The first-order valence-corrected chi connectivity index (χ1v) is 6.43. The van der Waals surface area contributed by atoms with Gasteiger partial charge in [-0.1, -0.05) is 18.5 Å². The third kappa shape index (κ3) is 2.77. The minimum absolute atomic E-state index is 0.0521. The lowest BCUT2D eigenvalue weighted by Gasteiger charge is -2.02. The number of nitrogens with zero attached hydrogens (tertiary/aromatic N) is 3. The molecular formula is C13H15ClFN3O. The maximum Gasteiger partial charge on any atom is 0.190 e. The van der Waals surface area contributed by atoms with E-state index in [1.807, 2.05) is 6.92 Å². The number of aliphatic hydroxyl groups excluding tert-OH is 1. The van der Waals surface area contributed by atoms with E-state index in [0.29, 0.717) is 22.8 Å². The van der Waals surface area contributed by atoms with Crippen LogP contribution in [0, 0.1) is 6.92 Å². The van der Waals surface area contributed by atoms with Crippen LogP contribution in [0.25, 0.3) is 0 Å². The van der Waals surface area contributed by atoms with E-state index in [4.69, 9.17) is 16.7 Å². The first kappa shape index (κ1) is 14.0. The average Bonchev–Trinajstić information content (AvgIpc) is 2.70. The van der Waals surface area contributed by atoms with Crippen LogP contribution in [0.5, 0.6) is 0 Å². The van der Waals surface area contributed by atoms with E-state index in [1.165, 1.54) is 10.8 Å². The topological polar surface area (TPSA) is 50.4 Å². The highest BCUT2D eigenvalue weighted by Gasteiger charge is 2.17. The molecule has 1 aliphatic rings. The van der Waals surface area contributed by atoms with Crippen LogP contribution in [-0.2, 0) is 6.61 Å². The van der Waals surface area contributed by atoms with Gasteiger partial charge in [0.2, 0.25) is 0 Å². The van der Waals surface area contributed by atoms with Crippen LogP contribution in [-0.4, -0.2) is 20.7 Å². The Labute approximate surface area is 115 Å². The third-order valence-electron chi connectivity index (χ3n) is 3.05. The fourth-order valence-electron chi connectivity index (χ4n) is 1.82. The van der Waals surface area contributed by atoms with Crippen LogP contribution in [0.4, 0.5) is 4.39 Å². The zero-order valence-electron chi connectivity index (χ0n) is 10.8. The number of halogens is 2. The zero-order chi connectivity index (χ0) is 14.0. The molecule has 4 nitrogen and oxygen atoms in total. The Morgan fingerprint density at radius 2 is 2.26 bits per heavy atom. The fourth-order valence-corrected chi connectivity index (χ4v) is 2.11. The van der Waals surface area contributed by atoms with Crippen molar-refractivity contribution in [1.29, 1.82) is 0 Å². The molecule has 2 heterocycles. The molecule has 6 heteroatoms. The first-order valence-electron chi connectivity index (χ1n) is 6.05. The van der Waals surface area contributed by atoms with Crippen LogP contribution in [0.15, 0.2) is 33.8 Å². The van der Waals surface area contributed by atoms with Crippen LogP contribution < -0.4 is 0 Å². The summed E-state index contributed by atoms with van der Waals surface area (Å²) in [5.74, 6) is -0.412. The second-order valence-electron chi connectivity index (χ2n) is 4.28. The number of allylic oxidation sites excluding steroid dienone is 3. The molecule has 0 amide bonds. The number of aliphatic hydroxyl groups is 1. The van der Waals surface area contributed by atoms with Gasteiger partial charge in [-0.25, -0.2) is 14.1 Å². The minimum atomic E-state index is -0.464. The maximum atomic E-state index is 14.0. The van der Waals surface area contributed by atoms with E-state index in [1.54, 1.807) is 13.1 Å². The van der Waals surface area contributed by atoms with Crippen molar-refractivity contribution in [2.75, 3.05) is 0 Å². The lowest BCUT2D eigenvalue weighted by Crippen LogP contribution is -2.13. The standard InChI is InChI=1S/C13H15ClFN3O/c1-3-9-4-5-11(15)13(16-12(9)14)18-6-10(7-19)8(2)17-18/h5-6,19H,3-4,7H2,1-2H3. The maximum absolute atomic E-state index is 14.0. The fraction of sp³-hybridized carbons (Fsp3) is 0.385. The molecule has 0 bridgehead atoms. The number of hydrogen-bond donors (Lipinski definition) is 1. The Balaban J connectivity index is 2.49. The number of aryl methyl sites for hydroxylation is 1. The highest BCUT2D eigenvalue weighted by Crippen LogP contribution is 2.24. The van der Waals surface area contributed by atoms with Gasteiger partial charge in [-0.2, -0.15) is 5.10 Å². The van der Waals surface area contributed by atoms with Crippen molar-refractivity contribution in [2.45, 2.75) is 33.3 Å². The molecule has 0 unspecified atom stereocenters. The number of aliphatic imine (C=N–C) groups is 1. The molecule has 0 radical (unpaired) electrons. The smallest absolute Gasteiger partial charge is 0.190 e. The van der Waals surface area contributed by atoms with E-state index < -0.39 is 5.83 Å². The Morgan fingerprint density at radius 3 is 2.84 bits per heavy atom. The summed E-state index contributed by atoms with van der Waals surface area (Å²) in [7, 11) is 0. The van der Waals surface area contributed by atoms with Crippen molar-refractivity contribution in [3.05, 3.63) is 40.1 Å². The molecule has 1 aliphatic heterocycles. The molecule has 2 rings (SSSR count). The summed E-state index contributed by atoms with van der Waals surface area (Å²) < 4.78 is 15.4. The zero-order valence-corrected chi connectivity index (χ0v) is 11.6. The van der Waals surface area contributed by atoms with E-state index in [0.717, 1.165) is 12.0 Å². The SMILES string of the molecule is CCC1=C(Cl)N=C(n2cc(CO)c(C)n2)C(F)=CC1. The summed E-state index contributed by atoms with van der Waals surface area (Å²) in [5, 5.41) is 13.6.